The SMILES string of the molecule is N#Cc1cnc2c(Cl)cc(NC(/C(N)=C/[N-]C3CC3)c3ccc(F)nc3F)cc2c1Nc1cnc(F)c(F)c1. The Kier molecular flexibility index (Phi) is 7.08. The fourth-order valence-corrected chi connectivity index (χ4v) is 4.10. The van der Waals surface area contributed by atoms with E-state index in [0.717, 1.165) is 31.2 Å². The molecule has 4 N–H and O–H groups in total. The van der Waals surface area contributed by atoms with Crippen molar-refractivity contribution in [1.29, 1.82) is 5.26 Å². The summed E-state index contributed by atoms with van der Waals surface area (Å²) in [4.78, 5) is 10.9. The fourth-order valence-electron chi connectivity index (χ4n) is 3.83. The van der Waals surface area contributed by atoms with Crippen molar-refractivity contribution in [3.63, 3.8) is 0 Å². The van der Waals surface area contributed by atoms with Crippen molar-refractivity contribution in [1.82, 2.24) is 15.0 Å². The predicted molar refractivity (Wildman–Crippen MR) is 138 cm³/mol. The molecule has 3 heterocycles. The molecule has 1 atom stereocenters. The van der Waals surface area contributed by atoms with Gasteiger partial charge in [-0.3, -0.25) is 4.98 Å². The topological polar surface area (TPSA) is 127 Å². The lowest BCUT2D eigenvalue weighted by Gasteiger charge is -2.25. The van der Waals surface area contributed by atoms with E-state index >= 15 is 0 Å². The second-order valence-electron chi connectivity index (χ2n) is 8.74. The van der Waals surface area contributed by atoms with E-state index in [1.54, 1.807) is 6.07 Å². The molecule has 0 bridgehead atoms. The molecule has 1 saturated carbocycles. The standard InChI is InChI=1S/C26H18ClF4N8/c27-18-6-14(37-24(20(33)11-34-13-1-2-13)16-3-4-21(29)39-25(16)30)5-17-22(12(8-32)9-35-23(17)18)38-15-7-19(28)26(31)36-10-15/h3-7,9-11,13,24,37H,1-2,33H2,(H,35,38)/q-1/b20-11-. The van der Waals surface area contributed by atoms with Crippen LogP contribution in [0.3, 0.4) is 0 Å². The van der Waals surface area contributed by atoms with Crippen LogP contribution in [0.15, 0.2) is 54.6 Å². The van der Waals surface area contributed by atoms with Crippen molar-refractivity contribution in [3.05, 3.63) is 99.7 Å². The first-order valence-corrected chi connectivity index (χ1v) is 12.0. The summed E-state index contributed by atoms with van der Waals surface area (Å²) in [5.74, 6) is -4.52. The molecule has 5 rings (SSSR count). The van der Waals surface area contributed by atoms with Crippen molar-refractivity contribution in [2.45, 2.75) is 24.9 Å². The van der Waals surface area contributed by atoms with Gasteiger partial charge in [0, 0.05) is 34.6 Å². The first-order chi connectivity index (χ1) is 18.7. The zero-order valence-electron chi connectivity index (χ0n) is 19.9. The minimum Gasteiger partial charge on any atom is -0.686 e. The minimum atomic E-state index is -1.28. The maximum Gasteiger partial charge on any atom is 0.249 e. The third-order valence-corrected chi connectivity index (χ3v) is 6.18. The van der Waals surface area contributed by atoms with Gasteiger partial charge in [0.2, 0.25) is 17.8 Å². The summed E-state index contributed by atoms with van der Waals surface area (Å²) < 4.78 is 55.4. The highest BCUT2D eigenvalue weighted by Crippen LogP contribution is 2.37. The maximum absolute atomic E-state index is 14.7. The smallest absolute Gasteiger partial charge is 0.249 e. The fraction of sp³-hybridized carbons (Fsp3) is 0.154. The number of nitrogens with two attached hydrogens (primary N) is 1. The number of nitrogens with zero attached hydrogens (tertiary/aromatic N) is 5. The lowest BCUT2D eigenvalue weighted by Crippen LogP contribution is -2.21. The predicted octanol–water partition coefficient (Wildman–Crippen LogP) is 6.34. The molecule has 1 unspecified atom stereocenters. The molecule has 198 valence electrons. The van der Waals surface area contributed by atoms with Crippen LogP contribution in [-0.2, 0) is 0 Å². The van der Waals surface area contributed by atoms with E-state index < -0.39 is 29.7 Å². The maximum atomic E-state index is 14.7. The average Bonchev–Trinajstić information content (AvgIpc) is 3.73. The molecule has 3 aromatic heterocycles. The minimum absolute atomic E-state index is 0.0394. The van der Waals surface area contributed by atoms with Crippen LogP contribution in [0.2, 0.25) is 5.02 Å². The van der Waals surface area contributed by atoms with E-state index in [1.807, 2.05) is 6.07 Å². The number of hydrogen-bond donors (Lipinski definition) is 3. The first kappa shape index (κ1) is 26.0. The van der Waals surface area contributed by atoms with Crippen LogP contribution >= 0.6 is 11.6 Å². The van der Waals surface area contributed by atoms with Crippen LogP contribution < -0.4 is 16.4 Å². The van der Waals surface area contributed by atoms with E-state index in [4.69, 9.17) is 17.3 Å². The lowest BCUT2D eigenvalue weighted by atomic mass is 10.0. The summed E-state index contributed by atoms with van der Waals surface area (Å²) in [6.45, 7) is 0. The van der Waals surface area contributed by atoms with Crippen molar-refractivity contribution >= 4 is 39.6 Å². The van der Waals surface area contributed by atoms with Crippen molar-refractivity contribution < 1.29 is 17.6 Å². The number of rotatable bonds is 8. The van der Waals surface area contributed by atoms with Crippen molar-refractivity contribution in [2.24, 2.45) is 5.73 Å². The van der Waals surface area contributed by atoms with E-state index in [9.17, 15) is 22.8 Å². The number of hydrogen-bond acceptors (Lipinski definition) is 7. The summed E-state index contributed by atoms with van der Waals surface area (Å²) in [5.41, 5.74) is 7.33. The Morgan fingerprint density at radius 1 is 1.10 bits per heavy atom. The summed E-state index contributed by atoms with van der Waals surface area (Å²) in [6, 6.07) is 7.30. The zero-order valence-corrected chi connectivity index (χ0v) is 20.6. The van der Waals surface area contributed by atoms with E-state index in [-0.39, 0.29) is 44.8 Å². The largest absolute Gasteiger partial charge is 0.686 e. The molecule has 39 heavy (non-hydrogen) atoms. The number of benzene rings is 1. The quantitative estimate of drug-likeness (QED) is 0.172. The summed E-state index contributed by atoms with van der Waals surface area (Å²) in [7, 11) is 0. The Bertz CT molecular complexity index is 1650. The molecule has 1 aliphatic carbocycles. The van der Waals surface area contributed by atoms with Crippen molar-refractivity contribution in [3.8, 4) is 6.07 Å². The third kappa shape index (κ3) is 5.63. The Balaban J connectivity index is 1.59. The Labute approximate surface area is 224 Å². The van der Waals surface area contributed by atoms with Gasteiger partial charge < -0.3 is 21.7 Å². The average molecular weight is 554 g/mol. The second kappa shape index (κ2) is 10.6. The van der Waals surface area contributed by atoms with Gasteiger partial charge in [-0.2, -0.15) is 29.6 Å². The highest BCUT2D eigenvalue weighted by molar-refractivity contribution is 6.36. The van der Waals surface area contributed by atoms with Crippen LogP contribution in [0, 0.1) is 35.0 Å². The van der Waals surface area contributed by atoms with Crippen molar-refractivity contribution in [2.75, 3.05) is 10.6 Å². The lowest BCUT2D eigenvalue weighted by molar-refractivity contribution is 0.480. The molecule has 1 fully saturated rings. The summed E-state index contributed by atoms with van der Waals surface area (Å²) >= 11 is 6.52. The molecular formula is C26H18ClF4N8-. The molecule has 0 amide bonds. The molecule has 0 spiro atoms. The monoisotopic (exact) mass is 553 g/mol. The number of halogens is 5. The van der Waals surface area contributed by atoms with Gasteiger partial charge in [-0.1, -0.05) is 24.4 Å². The van der Waals surface area contributed by atoms with Gasteiger partial charge in [-0.05, 0) is 24.3 Å². The van der Waals surface area contributed by atoms with Gasteiger partial charge in [0.15, 0.2) is 5.82 Å². The molecule has 0 aliphatic heterocycles. The number of aromatic nitrogens is 3. The first-order valence-electron chi connectivity index (χ1n) is 11.6. The van der Waals surface area contributed by atoms with Gasteiger partial charge in [0.25, 0.3) is 0 Å². The van der Waals surface area contributed by atoms with Crippen LogP contribution in [-0.4, -0.2) is 21.0 Å². The van der Waals surface area contributed by atoms with Gasteiger partial charge >= 0.3 is 0 Å². The van der Waals surface area contributed by atoms with Gasteiger partial charge in [-0.15, -0.1) is 6.04 Å². The molecule has 0 saturated heterocycles. The highest BCUT2D eigenvalue weighted by Gasteiger charge is 2.22. The van der Waals surface area contributed by atoms with Crippen LogP contribution in [0.1, 0.15) is 30.0 Å². The Hall–Kier alpha value is -4.63. The van der Waals surface area contributed by atoms with E-state index in [0.29, 0.717) is 11.1 Å². The molecule has 1 aliphatic rings. The van der Waals surface area contributed by atoms with Crippen LogP contribution in [0.25, 0.3) is 16.2 Å². The number of pyridine rings is 3. The number of anilines is 3. The van der Waals surface area contributed by atoms with Crippen LogP contribution in [0.4, 0.5) is 34.6 Å². The number of nitrogens with one attached hydrogen (secondary N) is 2. The summed E-state index contributed by atoms with van der Waals surface area (Å²) in [5, 5.41) is 20.5. The van der Waals surface area contributed by atoms with Gasteiger partial charge in [0.05, 0.1) is 39.7 Å². The number of nitriles is 1. The molecule has 4 aromatic rings. The molecular weight excluding hydrogens is 536 g/mol. The van der Waals surface area contributed by atoms with E-state index in [2.05, 4.69) is 30.9 Å². The normalized spacial score (nSPS) is 14.1. The molecule has 1 aromatic carbocycles. The molecule has 0 radical (unpaired) electrons. The Morgan fingerprint density at radius 2 is 1.90 bits per heavy atom. The molecule has 13 heteroatoms. The highest BCUT2D eigenvalue weighted by atomic mass is 35.5. The summed E-state index contributed by atoms with van der Waals surface area (Å²) in [6.07, 6.45) is 5.61. The Morgan fingerprint density at radius 3 is 2.59 bits per heavy atom. The van der Waals surface area contributed by atoms with E-state index in [1.165, 1.54) is 24.5 Å². The van der Waals surface area contributed by atoms with Crippen LogP contribution in [0.5, 0.6) is 0 Å². The zero-order chi connectivity index (χ0) is 27.7. The van der Waals surface area contributed by atoms with Gasteiger partial charge in [-0.25, -0.2) is 9.37 Å². The molecule has 8 nitrogen and oxygen atoms in total. The second-order valence-corrected chi connectivity index (χ2v) is 9.14. The third-order valence-electron chi connectivity index (χ3n) is 5.89. The number of fused-ring (bicyclic) bond motifs is 1. The van der Waals surface area contributed by atoms with Gasteiger partial charge in [0.1, 0.15) is 6.07 Å².